The van der Waals surface area contributed by atoms with Crippen LogP contribution < -0.4 is 5.73 Å². The summed E-state index contributed by atoms with van der Waals surface area (Å²) in [6.45, 7) is 3.25. The van der Waals surface area contributed by atoms with Crippen LogP contribution in [0.4, 0.5) is 0 Å². The summed E-state index contributed by atoms with van der Waals surface area (Å²) in [6.07, 6.45) is 1.51. The van der Waals surface area contributed by atoms with Crippen molar-refractivity contribution in [3.63, 3.8) is 0 Å². The monoisotopic (exact) mass is 216 g/mol. The average molecular weight is 216 g/mol. The highest BCUT2D eigenvalue weighted by atomic mass is 32.2. The minimum absolute atomic E-state index is 0.224. The van der Waals surface area contributed by atoms with Gasteiger partial charge in [0.05, 0.1) is 5.69 Å². The fourth-order valence-electron chi connectivity index (χ4n) is 0.672. The van der Waals surface area contributed by atoms with E-state index in [-0.39, 0.29) is 5.75 Å². The van der Waals surface area contributed by atoms with Crippen LogP contribution in [0.25, 0.3) is 0 Å². The molecule has 6 heteroatoms. The van der Waals surface area contributed by atoms with Gasteiger partial charge in [-0.25, -0.2) is 4.98 Å². The van der Waals surface area contributed by atoms with Crippen molar-refractivity contribution in [1.82, 2.24) is 4.98 Å². The number of rotatable bonds is 4. The molecule has 0 radical (unpaired) electrons. The second-order valence-corrected chi connectivity index (χ2v) is 4.19. The van der Waals surface area contributed by atoms with Gasteiger partial charge in [-0.15, -0.1) is 0 Å². The van der Waals surface area contributed by atoms with Crippen molar-refractivity contribution in [2.75, 3.05) is 5.75 Å². The van der Waals surface area contributed by atoms with E-state index in [4.69, 9.17) is 15.3 Å². The molecule has 1 aromatic heterocycles. The van der Waals surface area contributed by atoms with Crippen molar-refractivity contribution in [3.05, 3.63) is 12.0 Å². The van der Waals surface area contributed by atoms with Crippen molar-refractivity contribution in [1.29, 1.82) is 0 Å². The first-order valence-corrected chi connectivity index (χ1v) is 4.97. The minimum atomic E-state index is -1.26. The number of nitrogens with two attached hydrogens (primary N) is 1. The van der Waals surface area contributed by atoms with Crippen LogP contribution in [0.1, 0.15) is 12.6 Å². The van der Waals surface area contributed by atoms with Crippen molar-refractivity contribution >= 4 is 17.7 Å². The number of nitrogens with zero attached hydrogens (tertiary/aromatic N) is 1. The molecule has 0 bridgehead atoms. The first-order chi connectivity index (χ1) is 6.42. The van der Waals surface area contributed by atoms with Gasteiger partial charge in [-0.2, -0.15) is 0 Å². The summed E-state index contributed by atoms with van der Waals surface area (Å²) in [7, 11) is 0. The van der Waals surface area contributed by atoms with Gasteiger partial charge in [0.25, 0.3) is 5.22 Å². The van der Waals surface area contributed by atoms with E-state index in [1.807, 2.05) is 0 Å². The number of aliphatic carboxylic acids is 1. The number of thioether (sulfide) groups is 1. The van der Waals surface area contributed by atoms with Crippen LogP contribution in [0, 0.1) is 6.92 Å². The van der Waals surface area contributed by atoms with E-state index in [9.17, 15) is 4.79 Å². The lowest BCUT2D eigenvalue weighted by Crippen LogP contribution is -2.47. The van der Waals surface area contributed by atoms with Crippen LogP contribution in [0.15, 0.2) is 15.9 Å². The summed E-state index contributed by atoms with van der Waals surface area (Å²) < 4.78 is 5.04. The Bertz CT molecular complexity index is 335. The van der Waals surface area contributed by atoms with Gasteiger partial charge in [0.15, 0.2) is 0 Å². The molecular formula is C8H12N2O3S. The standard InChI is InChI=1S/C8H12N2O3S/c1-5-3-13-7(10-5)14-4-8(2,9)6(11)12/h3H,4,9H2,1-2H3,(H,11,12). The lowest BCUT2D eigenvalue weighted by Gasteiger charge is -2.16. The zero-order chi connectivity index (χ0) is 10.8. The highest BCUT2D eigenvalue weighted by Gasteiger charge is 2.28. The largest absolute Gasteiger partial charge is 0.480 e. The van der Waals surface area contributed by atoms with E-state index < -0.39 is 11.5 Å². The molecule has 1 heterocycles. The highest BCUT2D eigenvalue weighted by molar-refractivity contribution is 7.99. The number of oxazole rings is 1. The molecule has 1 atom stereocenters. The fraction of sp³-hybridized carbons (Fsp3) is 0.500. The average Bonchev–Trinajstić information content (AvgIpc) is 2.48. The van der Waals surface area contributed by atoms with E-state index >= 15 is 0 Å². The van der Waals surface area contributed by atoms with Gasteiger partial charge in [0, 0.05) is 5.75 Å². The third-order valence-electron chi connectivity index (χ3n) is 1.58. The Balaban J connectivity index is 2.52. The van der Waals surface area contributed by atoms with Gasteiger partial charge in [0.1, 0.15) is 11.8 Å². The van der Waals surface area contributed by atoms with Crippen LogP contribution in [0.5, 0.6) is 0 Å². The first kappa shape index (κ1) is 11.1. The maximum absolute atomic E-state index is 10.7. The molecule has 0 amide bonds. The third-order valence-corrected chi connectivity index (χ3v) is 2.76. The van der Waals surface area contributed by atoms with E-state index in [0.29, 0.717) is 5.22 Å². The SMILES string of the molecule is Cc1coc(SCC(C)(N)C(=O)O)n1. The van der Waals surface area contributed by atoms with E-state index in [1.165, 1.54) is 24.9 Å². The van der Waals surface area contributed by atoms with Gasteiger partial charge >= 0.3 is 5.97 Å². The van der Waals surface area contributed by atoms with Crippen LogP contribution in [-0.2, 0) is 4.79 Å². The quantitative estimate of drug-likeness (QED) is 0.726. The predicted molar refractivity (Wildman–Crippen MR) is 52.2 cm³/mol. The second-order valence-electron chi connectivity index (χ2n) is 3.27. The molecule has 1 rings (SSSR count). The Hall–Kier alpha value is -1.01. The molecule has 14 heavy (non-hydrogen) atoms. The topological polar surface area (TPSA) is 89.3 Å². The summed E-state index contributed by atoms with van der Waals surface area (Å²) >= 11 is 1.19. The Morgan fingerprint density at radius 2 is 2.50 bits per heavy atom. The third kappa shape index (κ3) is 2.74. The minimum Gasteiger partial charge on any atom is -0.480 e. The van der Waals surface area contributed by atoms with Crippen LogP contribution in [0.3, 0.4) is 0 Å². The molecule has 0 aliphatic carbocycles. The molecular weight excluding hydrogens is 204 g/mol. The molecule has 5 nitrogen and oxygen atoms in total. The zero-order valence-corrected chi connectivity index (χ0v) is 8.80. The van der Waals surface area contributed by atoms with E-state index in [2.05, 4.69) is 4.98 Å². The van der Waals surface area contributed by atoms with Crippen molar-refractivity contribution in [3.8, 4) is 0 Å². The van der Waals surface area contributed by atoms with Gasteiger partial charge in [-0.05, 0) is 13.8 Å². The summed E-state index contributed by atoms with van der Waals surface area (Å²) in [6, 6.07) is 0. The number of aromatic nitrogens is 1. The van der Waals surface area contributed by atoms with Crippen LogP contribution in [0.2, 0.25) is 0 Å². The summed E-state index contributed by atoms with van der Waals surface area (Å²) in [5.41, 5.74) is 5.03. The van der Waals surface area contributed by atoms with Crippen LogP contribution in [-0.4, -0.2) is 27.4 Å². The molecule has 0 aliphatic rings. The molecule has 0 saturated heterocycles. The highest BCUT2D eigenvalue weighted by Crippen LogP contribution is 2.20. The van der Waals surface area contributed by atoms with Gasteiger partial charge in [-0.1, -0.05) is 11.8 Å². The Morgan fingerprint density at radius 3 is 2.93 bits per heavy atom. The summed E-state index contributed by atoms with van der Waals surface area (Å²) in [5, 5.41) is 9.18. The van der Waals surface area contributed by atoms with Gasteiger partial charge < -0.3 is 15.3 Å². The van der Waals surface area contributed by atoms with Crippen molar-refractivity contribution < 1.29 is 14.3 Å². The maximum Gasteiger partial charge on any atom is 0.324 e. The molecule has 1 unspecified atom stereocenters. The molecule has 0 spiro atoms. The Kier molecular flexibility index (Phi) is 3.17. The maximum atomic E-state index is 10.7. The van der Waals surface area contributed by atoms with Crippen molar-refractivity contribution in [2.24, 2.45) is 5.73 Å². The number of carboxylic acid groups (broad SMARTS) is 1. The second kappa shape index (κ2) is 4.02. The fourth-order valence-corrected chi connectivity index (χ4v) is 1.54. The lowest BCUT2D eigenvalue weighted by molar-refractivity contribution is -0.141. The van der Waals surface area contributed by atoms with Crippen LogP contribution >= 0.6 is 11.8 Å². The number of hydrogen-bond acceptors (Lipinski definition) is 5. The number of aryl methyl sites for hydroxylation is 1. The molecule has 1 aromatic rings. The summed E-state index contributed by atoms with van der Waals surface area (Å²) in [5.74, 6) is -0.810. The predicted octanol–water partition coefficient (Wildman–Crippen LogP) is 0.877. The molecule has 3 N–H and O–H groups in total. The Labute approximate surface area is 85.7 Å². The number of carbonyl (C=O) groups is 1. The van der Waals surface area contributed by atoms with Gasteiger partial charge in [-0.3, -0.25) is 4.79 Å². The zero-order valence-electron chi connectivity index (χ0n) is 7.98. The Morgan fingerprint density at radius 1 is 1.86 bits per heavy atom. The van der Waals surface area contributed by atoms with Gasteiger partial charge in [0.2, 0.25) is 0 Å². The molecule has 0 aromatic carbocycles. The van der Waals surface area contributed by atoms with Crippen molar-refractivity contribution in [2.45, 2.75) is 24.6 Å². The normalized spacial score (nSPS) is 15.1. The van der Waals surface area contributed by atoms with E-state index in [0.717, 1.165) is 5.69 Å². The number of hydrogen-bond donors (Lipinski definition) is 2. The van der Waals surface area contributed by atoms with E-state index in [1.54, 1.807) is 6.92 Å². The molecule has 0 fully saturated rings. The molecule has 78 valence electrons. The number of carboxylic acids is 1. The summed E-state index contributed by atoms with van der Waals surface area (Å²) in [4.78, 5) is 14.7. The smallest absolute Gasteiger partial charge is 0.324 e. The molecule has 0 saturated carbocycles. The first-order valence-electron chi connectivity index (χ1n) is 3.99. The lowest BCUT2D eigenvalue weighted by atomic mass is 10.1. The molecule has 0 aliphatic heterocycles.